The molecule has 0 radical (unpaired) electrons. The van der Waals surface area contributed by atoms with Gasteiger partial charge in [-0.05, 0) is 49.2 Å². The predicted octanol–water partition coefficient (Wildman–Crippen LogP) is 4.38. The van der Waals surface area contributed by atoms with Crippen molar-refractivity contribution in [3.05, 3.63) is 131 Å². The summed E-state index contributed by atoms with van der Waals surface area (Å²) >= 11 is 0. The van der Waals surface area contributed by atoms with Crippen LogP contribution in [0, 0.1) is 0 Å². The van der Waals surface area contributed by atoms with Gasteiger partial charge in [-0.3, -0.25) is 0 Å². The molecule has 4 aromatic carbocycles. The van der Waals surface area contributed by atoms with Crippen LogP contribution >= 0.6 is 0 Å². The van der Waals surface area contributed by atoms with E-state index >= 15 is 0 Å². The van der Waals surface area contributed by atoms with Crippen molar-refractivity contribution in [3.63, 3.8) is 0 Å². The number of para-hydroxylation sites is 2. The van der Waals surface area contributed by atoms with Gasteiger partial charge < -0.3 is 29.3 Å². The molecular formula is C30H26O6Zn. The van der Waals surface area contributed by atoms with Gasteiger partial charge in [0.25, 0.3) is 0 Å². The number of benzene rings is 4. The van der Waals surface area contributed by atoms with Gasteiger partial charge in [-0.25, -0.2) is 0 Å². The second-order valence-electron chi connectivity index (χ2n) is 7.91. The Balaban J connectivity index is 0.000000253. The smallest absolute Gasteiger partial charge is 0.545 e. The summed E-state index contributed by atoms with van der Waals surface area (Å²) in [5.74, 6) is -1.81. The van der Waals surface area contributed by atoms with E-state index in [-0.39, 0.29) is 42.8 Å². The van der Waals surface area contributed by atoms with E-state index in [2.05, 4.69) is 0 Å². The minimum Gasteiger partial charge on any atom is -0.545 e. The topological polar surface area (TPSA) is 98.7 Å². The van der Waals surface area contributed by atoms with Crippen molar-refractivity contribution >= 4 is 11.9 Å². The SMILES string of the molecule is CC(Oc1ccccc1C(=O)[O-])c1ccccc1.CC(Oc1ccccc1C(=O)[O-])c1ccccc1.[Zn+2]. The van der Waals surface area contributed by atoms with Crippen molar-refractivity contribution in [1.29, 1.82) is 0 Å². The Morgan fingerprint density at radius 2 is 0.838 bits per heavy atom. The Labute approximate surface area is 229 Å². The van der Waals surface area contributed by atoms with E-state index in [4.69, 9.17) is 9.47 Å². The van der Waals surface area contributed by atoms with Crippen molar-refractivity contribution in [1.82, 2.24) is 0 Å². The molecule has 6 nitrogen and oxygen atoms in total. The molecule has 4 aromatic rings. The Bertz CT molecular complexity index is 1180. The molecule has 0 heterocycles. The van der Waals surface area contributed by atoms with Gasteiger partial charge in [-0.2, -0.15) is 0 Å². The van der Waals surface area contributed by atoms with Crippen LogP contribution in [-0.2, 0) is 19.5 Å². The first-order valence-corrected chi connectivity index (χ1v) is 11.4. The Morgan fingerprint density at radius 1 is 0.541 bits per heavy atom. The van der Waals surface area contributed by atoms with Crippen LogP contribution in [0.25, 0.3) is 0 Å². The minimum atomic E-state index is -1.23. The fraction of sp³-hybridized carbons (Fsp3) is 0.133. The van der Waals surface area contributed by atoms with Gasteiger partial charge in [-0.15, -0.1) is 0 Å². The molecular weight excluding hydrogens is 522 g/mol. The number of ether oxygens (including phenoxy) is 2. The molecule has 0 spiro atoms. The normalized spacial score (nSPS) is 11.5. The van der Waals surface area contributed by atoms with Crippen molar-refractivity contribution in [3.8, 4) is 11.5 Å². The zero-order valence-electron chi connectivity index (χ0n) is 20.7. The summed E-state index contributed by atoms with van der Waals surface area (Å²) in [5, 5.41) is 21.9. The first-order valence-electron chi connectivity index (χ1n) is 11.4. The van der Waals surface area contributed by atoms with Gasteiger partial charge in [0.1, 0.15) is 23.7 Å². The Hall–Kier alpha value is -3.96. The summed E-state index contributed by atoms with van der Waals surface area (Å²) < 4.78 is 11.3. The minimum absolute atomic E-state index is 0. The number of carbonyl (C=O) groups is 2. The number of hydrogen-bond donors (Lipinski definition) is 0. The monoisotopic (exact) mass is 546 g/mol. The summed E-state index contributed by atoms with van der Waals surface area (Å²) in [6, 6.07) is 32.2. The molecule has 2 atom stereocenters. The maximum atomic E-state index is 10.9. The molecule has 0 bridgehead atoms. The first-order chi connectivity index (χ1) is 17.4. The van der Waals surface area contributed by atoms with Gasteiger partial charge in [0.2, 0.25) is 0 Å². The number of hydrogen-bond acceptors (Lipinski definition) is 6. The summed E-state index contributed by atoms with van der Waals surface area (Å²) in [6.07, 6.45) is -0.432. The van der Waals surface area contributed by atoms with E-state index in [1.54, 1.807) is 36.4 Å². The maximum absolute atomic E-state index is 10.9. The molecule has 0 fully saturated rings. The molecule has 0 aliphatic heterocycles. The maximum Gasteiger partial charge on any atom is 2.00 e. The van der Waals surface area contributed by atoms with Crippen LogP contribution in [0.1, 0.15) is 57.9 Å². The standard InChI is InChI=1S/2C15H14O3.Zn/c2*1-11(12-7-3-2-4-8-12)18-14-10-6-5-9-13(14)15(16)17;/h2*2-11H,1H3,(H,16,17);/q;;+2/p-2. The molecule has 37 heavy (non-hydrogen) atoms. The van der Waals surface area contributed by atoms with Crippen LogP contribution in [0.2, 0.25) is 0 Å². The van der Waals surface area contributed by atoms with Crippen molar-refractivity contribution in [2.75, 3.05) is 0 Å². The molecule has 0 aliphatic carbocycles. The zero-order valence-corrected chi connectivity index (χ0v) is 23.7. The second-order valence-corrected chi connectivity index (χ2v) is 7.91. The summed E-state index contributed by atoms with van der Waals surface area (Å²) in [5.41, 5.74) is 2.12. The van der Waals surface area contributed by atoms with Crippen molar-refractivity contribution < 1.29 is 48.8 Å². The Kier molecular flexibility index (Phi) is 11.5. The molecule has 184 valence electrons. The predicted molar refractivity (Wildman–Crippen MR) is 133 cm³/mol. The molecule has 0 aromatic heterocycles. The number of carboxylic acids is 2. The van der Waals surface area contributed by atoms with E-state index in [0.717, 1.165) is 11.1 Å². The average Bonchev–Trinajstić information content (AvgIpc) is 2.90. The van der Waals surface area contributed by atoms with Crippen LogP contribution in [0.3, 0.4) is 0 Å². The van der Waals surface area contributed by atoms with E-state index in [1.807, 2.05) is 74.5 Å². The fourth-order valence-electron chi connectivity index (χ4n) is 3.44. The number of aromatic carboxylic acids is 2. The van der Waals surface area contributed by atoms with E-state index < -0.39 is 11.9 Å². The molecule has 0 saturated heterocycles. The molecule has 0 saturated carbocycles. The van der Waals surface area contributed by atoms with E-state index in [0.29, 0.717) is 11.5 Å². The zero-order chi connectivity index (χ0) is 25.9. The second kappa shape index (κ2) is 14.6. The molecule has 7 heteroatoms. The van der Waals surface area contributed by atoms with Gasteiger partial charge in [-0.1, -0.05) is 84.9 Å². The van der Waals surface area contributed by atoms with Crippen molar-refractivity contribution in [2.45, 2.75) is 26.1 Å². The largest absolute Gasteiger partial charge is 2.00 e. The van der Waals surface area contributed by atoms with Crippen LogP contribution in [0.5, 0.6) is 11.5 Å². The number of carboxylic acid groups (broad SMARTS) is 2. The summed E-state index contributed by atoms with van der Waals surface area (Å²) in [4.78, 5) is 21.9. The average molecular weight is 548 g/mol. The van der Waals surface area contributed by atoms with E-state index in [1.165, 1.54) is 12.1 Å². The number of carbonyl (C=O) groups excluding carboxylic acids is 2. The van der Waals surface area contributed by atoms with E-state index in [9.17, 15) is 19.8 Å². The van der Waals surface area contributed by atoms with Crippen LogP contribution in [0.4, 0.5) is 0 Å². The molecule has 0 amide bonds. The van der Waals surface area contributed by atoms with Crippen molar-refractivity contribution in [2.24, 2.45) is 0 Å². The van der Waals surface area contributed by atoms with Crippen LogP contribution < -0.4 is 19.7 Å². The van der Waals surface area contributed by atoms with Gasteiger partial charge >= 0.3 is 19.5 Å². The summed E-state index contributed by atoms with van der Waals surface area (Å²) in [6.45, 7) is 3.75. The molecule has 4 rings (SSSR count). The number of rotatable bonds is 8. The molecule has 0 aliphatic rings. The van der Waals surface area contributed by atoms with Crippen LogP contribution in [0.15, 0.2) is 109 Å². The summed E-state index contributed by atoms with van der Waals surface area (Å²) in [7, 11) is 0. The van der Waals surface area contributed by atoms with Gasteiger partial charge in [0.15, 0.2) is 0 Å². The third-order valence-corrected chi connectivity index (χ3v) is 5.36. The third-order valence-electron chi connectivity index (χ3n) is 5.36. The van der Waals surface area contributed by atoms with Crippen LogP contribution in [-0.4, -0.2) is 11.9 Å². The third kappa shape index (κ3) is 8.58. The Morgan fingerprint density at radius 3 is 1.16 bits per heavy atom. The molecule has 0 N–H and O–H groups in total. The van der Waals surface area contributed by atoms with Gasteiger partial charge in [0, 0.05) is 11.1 Å². The fourth-order valence-corrected chi connectivity index (χ4v) is 3.44. The molecule has 2 unspecified atom stereocenters. The quantitative estimate of drug-likeness (QED) is 0.304. The first kappa shape index (κ1) is 29.3. The van der Waals surface area contributed by atoms with Gasteiger partial charge in [0.05, 0.1) is 11.9 Å².